The van der Waals surface area contributed by atoms with Gasteiger partial charge in [0.2, 0.25) is 0 Å². The highest BCUT2D eigenvalue weighted by molar-refractivity contribution is 9.10. The van der Waals surface area contributed by atoms with Crippen molar-refractivity contribution in [1.29, 1.82) is 0 Å². The molecule has 94 valence electrons. The predicted octanol–water partition coefficient (Wildman–Crippen LogP) is 2.99. The zero-order valence-electron chi connectivity index (χ0n) is 9.99. The second-order valence-corrected chi connectivity index (χ2v) is 5.61. The Labute approximate surface area is 115 Å². The van der Waals surface area contributed by atoms with Gasteiger partial charge in [-0.1, -0.05) is 0 Å². The molecular weight excluding hydrogens is 304 g/mol. The molecule has 2 heterocycles. The molecule has 3 nitrogen and oxygen atoms in total. The number of aromatic nitrogens is 1. The molecule has 17 heavy (non-hydrogen) atoms. The predicted molar refractivity (Wildman–Crippen MR) is 73.9 cm³/mol. The molecule has 1 aromatic rings. The number of pyridine rings is 1. The summed E-state index contributed by atoms with van der Waals surface area (Å²) in [5.74, 6) is 1.49. The Kier molecular flexibility index (Phi) is 4.28. The number of hydrogen-bond donors (Lipinski definition) is 0. The Bertz CT molecular complexity index is 402. The van der Waals surface area contributed by atoms with Crippen molar-refractivity contribution >= 4 is 33.3 Å². The monoisotopic (exact) mass is 318 g/mol. The first-order valence-corrected chi connectivity index (χ1v) is 7.01. The van der Waals surface area contributed by atoms with Crippen LogP contribution in [0.4, 0.5) is 5.82 Å². The fraction of sp³-hybridized carbons (Fsp3) is 0.583. The fourth-order valence-electron chi connectivity index (χ4n) is 2.06. The van der Waals surface area contributed by atoms with Crippen LogP contribution in [0.1, 0.15) is 12.5 Å². The lowest BCUT2D eigenvalue weighted by molar-refractivity contribution is -0.00361. The summed E-state index contributed by atoms with van der Waals surface area (Å²) in [4.78, 5) is 6.71. The third kappa shape index (κ3) is 3.12. The van der Waals surface area contributed by atoms with Crippen LogP contribution in [0, 0.1) is 6.92 Å². The molecule has 0 N–H and O–H groups in total. The molecule has 0 amide bonds. The summed E-state index contributed by atoms with van der Waals surface area (Å²) in [5, 5.41) is 0. The van der Waals surface area contributed by atoms with Gasteiger partial charge in [-0.2, -0.15) is 0 Å². The minimum Gasteiger partial charge on any atom is -0.370 e. The lowest BCUT2D eigenvalue weighted by atomic mass is 10.2. The van der Waals surface area contributed by atoms with E-state index < -0.39 is 0 Å². The molecule has 0 spiro atoms. The van der Waals surface area contributed by atoms with Gasteiger partial charge in [-0.15, -0.1) is 11.6 Å². The Morgan fingerprint density at radius 2 is 2.35 bits per heavy atom. The van der Waals surface area contributed by atoms with Gasteiger partial charge < -0.3 is 9.64 Å². The second-order valence-electron chi connectivity index (χ2n) is 4.45. The third-order valence-electron chi connectivity index (χ3n) is 2.76. The molecule has 0 radical (unpaired) electrons. The standard InChI is InChI=1S/C12H16BrClN2O/c1-8-3-11(13)12(15-5-8)16-6-9(2)17-10(4-14)7-16/h3,5,9-10H,4,6-7H2,1-2H3. The molecule has 0 aliphatic carbocycles. The summed E-state index contributed by atoms with van der Waals surface area (Å²) in [6.07, 6.45) is 2.15. The quantitative estimate of drug-likeness (QED) is 0.784. The molecule has 1 aliphatic rings. The van der Waals surface area contributed by atoms with E-state index >= 15 is 0 Å². The molecular formula is C12H16BrClN2O. The molecule has 0 saturated carbocycles. The van der Waals surface area contributed by atoms with Gasteiger partial charge in [0.25, 0.3) is 0 Å². The van der Waals surface area contributed by atoms with Gasteiger partial charge in [-0.25, -0.2) is 4.98 Å². The zero-order chi connectivity index (χ0) is 12.4. The van der Waals surface area contributed by atoms with E-state index in [1.54, 1.807) is 0 Å². The lowest BCUT2D eigenvalue weighted by Gasteiger charge is -2.37. The van der Waals surface area contributed by atoms with Crippen LogP contribution >= 0.6 is 27.5 Å². The Balaban J connectivity index is 2.20. The number of halogens is 2. The van der Waals surface area contributed by atoms with E-state index in [9.17, 15) is 0 Å². The van der Waals surface area contributed by atoms with E-state index in [1.165, 1.54) is 0 Å². The van der Waals surface area contributed by atoms with Crippen molar-refractivity contribution in [3.05, 3.63) is 22.3 Å². The smallest absolute Gasteiger partial charge is 0.143 e. The largest absolute Gasteiger partial charge is 0.370 e. The number of aryl methyl sites for hydroxylation is 1. The van der Waals surface area contributed by atoms with Crippen molar-refractivity contribution in [1.82, 2.24) is 4.98 Å². The Hall–Kier alpha value is -0.320. The van der Waals surface area contributed by atoms with E-state index in [1.807, 2.05) is 13.1 Å². The number of hydrogen-bond acceptors (Lipinski definition) is 3. The first-order valence-electron chi connectivity index (χ1n) is 5.68. The van der Waals surface area contributed by atoms with Crippen molar-refractivity contribution < 1.29 is 4.74 Å². The molecule has 1 saturated heterocycles. The first kappa shape index (κ1) is 13.1. The normalized spacial score (nSPS) is 25.1. The molecule has 1 aromatic heterocycles. The summed E-state index contributed by atoms with van der Waals surface area (Å²) in [5.41, 5.74) is 1.15. The van der Waals surface area contributed by atoms with Crippen molar-refractivity contribution in [2.45, 2.75) is 26.1 Å². The molecule has 0 bridgehead atoms. The van der Waals surface area contributed by atoms with Crippen LogP contribution in [0.2, 0.25) is 0 Å². The number of alkyl halides is 1. The fourth-order valence-corrected chi connectivity index (χ4v) is 2.95. The van der Waals surface area contributed by atoms with E-state index in [2.05, 4.69) is 38.8 Å². The average Bonchev–Trinajstić information content (AvgIpc) is 2.28. The Morgan fingerprint density at radius 1 is 1.59 bits per heavy atom. The molecule has 1 fully saturated rings. The van der Waals surface area contributed by atoms with Crippen LogP contribution < -0.4 is 4.90 Å². The summed E-state index contributed by atoms with van der Waals surface area (Å²) in [6, 6.07) is 2.08. The van der Waals surface area contributed by atoms with Crippen LogP contribution in [0.3, 0.4) is 0 Å². The van der Waals surface area contributed by atoms with Gasteiger partial charge in [-0.05, 0) is 41.4 Å². The van der Waals surface area contributed by atoms with Crippen molar-refractivity contribution in [3.63, 3.8) is 0 Å². The van der Waals surface area contributed by atoms with Gasteiger partial charge in [0, 0.05) is 19.3 Å². The van der Waals surface area contributed by atoms with E-state index in [4.69, 9.17) is 16.3 Å². The topological polar surface area (TPSA) is 25.4 Å². The van der Waals surface area contributed by atoms with Crippen LogP contribution in [-0.4, -0.2) is 36.2 Å². The number of rotatable bonds is 2. The lowest BCUT2D eigenvalue weighted by Crippen LogP contribution is -2.47. The maximum absolute atomic E-state index is 5.88. The van der Waals surface area contributed by atoms with Crippen LogP contribution in [0.5, 0.6) is 0 Å². The molecule has 2 rings (SSSR count). The second kappa shape index (κ2) is 5.55. The van der Waals surface area contributed by atoms with Gasteiger partial charge in [-0.3, -0.25) is 0 Å². The molecule has 0 aromatic carbocycles. The number of ether oxygens (including phenoxy) is 1. The van der Waals surface area contributed by atoms with Crippen LogP contribution in [0.25, 0.3) is 0 Å². The Morgan fingerprint density at radius 3 is 3.00 bits per heavy atom. The maximum atomic E-state index is 5.88. The van der Waals surface area contributed by atoms with Crippen molar-refractivity contribution in [2.75, 3.05) is 23.9 Å². The van der Waals surface area contributed by atoms with Crippen molar-refractivity contribution in [3.8, 4) is 0 Å². The number of nitrogens with zero attached hydrogens (tertiary/aromatic N) is 2. The highest BCUT2D eigenvalue weighted by Gasteiger charge is 2.26. The van der Waals surface area contributed by atoms with Gasteiger partial charge in [0.1, 0.15) is 5.82 Å². The first-order chi connectivity index (χ1) is 8.10. The minimum atomic E-state index is 0.0791. The minimum absolute atomic E-state index is 0.0791. The van der Waals surface area contributed by atoms with E-state index in [0.29, 0.717) is 5.88 Å². The molecule has 5 heteroatoms. The molecule has 2 atom stereocenters. The SMILES string of the molecule is Cc1cnc(N2CC(C)OC(CCl)C2)c(Br)c1. The van der Waals surface area contributed by atoms with E-state index in [0.717, 1.165) is 28.9 Å². The van der Waals surface area contributed by atoms with Gasteiger partial charge in [0.05, 0.1) is 22.6 Å². The summed E-state index contributed by atoms with van der Waals surface area (Å²) in [6.45, 7) is 5.74. The van der Waals surface area contributed by atoms with Crippen LogP contribution in [0.15, 0.2) is 16.7 Å². The van der Waals surface area contributed by atoms with Gasteiger partial charge >= 0.3 is 0 Å². The number of morpholine rings is 1. The van der Waals surface area contributed by atoms with Crippen LogP contribution in [-0.2, 0) is 4.74 Å². The van der Waals surface area contributed by atoms with Crippen molar-refractivity contribution in [2.24, 2.45) is 0 Å². The zero-order valence-corrected chi connectivity index (χ0v) is 12.3. The van der Waals surface area contributed by atoms with Gasteiger partial charge in [0.15, 0.2) is 0 Å². The summed E-state index contributed by atoms with van der Waals surface area (Å²) >= 11 is 9.45. The molecule has 2 unspecified atom stereocenters. The average molecular weight is 320 g/mol. The summed E-state index contributed by atoms with van der Waals surface area (Å²) in [7, 11) is 0. The highest BCUT2D eigenvalue weighted by Crippen LogP contribution is 2.27. The third-order valence-corrected chi connectivity index (χ3v) is 3.68. The summed E-state index contributed by atoms with van der Waals surface area (Å²) < 4.78 is 6.76. The maximum Gasteiger partial charge on any atom is 0.143 e. The number of anilines is 1. The molecule has 1 aliphatic heterocycles. The highest BCUT2D eigenvalue weighted by atomic mass is 79.9. The van der Waals surface area contributed by atoms with E-state index in [-0.39, 0.29) is 12.2 Å².